The Balaban J connectivity index is 1.36. The van der Waals surface area contributed by atoms with Crippen LogP contribution >= 0.6 is 11.6 Å². The van der Waals surface area contributed by atoms with Crippen molar-refractivity contribution < 1.29 is 9.59 Å². The number of aromatic amines is 1. The molecular formula is C33H38ClN5O2. The minimum absolute atomic E-state index is 0.226. The summed E-state index contributed by atoms with van der Waals surface area (Å²) in [6.07, 6.45) is 3.71. The maximum atomic E-state index is 13.9. The number of halogens is 1. The molecule has 3 N–H and O–H groups in total. The van der Waals surface area contributed by atoms with Crippen LogP contribution in [0.4, 0.5) is 10.5 Å². The monoisotopic (exact) mass is 571 g/mol. The predicted molar refractivity (Wildman–Crippen MR) is 166 cm³/mol. The first-order valence-corrected chi connectivity index (χ1v) is 14.6. The van der Waals surface area contributed by atoms with E-state index < -0.39 is 6.04 Å². The summed E-state index contributed by atoms with van der Waals surface area (Å²) >= 11 is 6.50. The van der Waals surface area contributed by atoms with Gasteiger partial charge in [0.2, 0.25) is 5.91 Å². The molecule has 3 aromatic carbocycles. The average molecular weight is 572 g/mol. The summed E-state index contributed by atoms with van der Waals surface area (Å²) in [5.74, 6) is -0.180. The largest absolute Gasteiger partial charge is 0.361 e. The van der Waals surface area contributed by atoms with Crippen molar-refractivity contribution in [3.05, 3.63) is 101 Å². The number of urea groups is 1. The molecule has 1 saturated heterocycles. The van der Waals surface area contributed by atoms with Crippen LogP contribution in [0.3, 0.4) is 0 Å². The molecule has 8 heteroatoms. The molecule has 5 rings (SSSR count). The quantitative estimate of drug-likeness (QED) is 0.223. The number of para-hydroxylation sites is 1. The Hall–Kier alpha value is -3.81. The van der Waals surface area contributed by atoms with Crippen LogP contribution in [-0.4, -0.2) is 59.9 Å². The summed E-state index contributed by atoms with van der Waals surface area (Å²) in [4.78, 5) is 34.7. The van der Waals surface area contributed by atoms with E-state index >= 15 is 0 Å². The molecule has 0 radical (unpaired) electrons. The first-order valence-electron chi connectivity index (χ1n) is 14.2. The van der Waals surface area contributed by atoms with Gasteiger partial charge in [0.05, 0.1) is 10.7 Å². The third-order valence-electron chi connectivity index (χ3n) is 8.01. The van der Waals surface area contributed by atoms with E-state index in [4.69, 9.17) is 11.6 Å². The normalized spacial score (nSPS) is 15.6. The number of likely N-dealkylation sites (tertiary alicyclic amines) is 1. The number of anilines is 1. The van der Waals surface area contributed by atoms with E-state index in [1.54, 1.807) is 6.07 Å². The highest BCUT2D eigenvalue weighted by Crippen LogP contribution is 2.31. The summed E-state index contributed by atoms with van der Waals surface area (Å²) in [5.41, 5.74) is 4.83. The lowest BCUT2D eigenvalue weighted by Crippen LogP contribution is -2.53. The average Bonchev–Trinajstić information content (AvgIpc) is 3.42. The number of hydrogen-bond acceptors (Lipinski definition) is 3. The van der Waals surface area contributed by atoms with Crippen molar-refractivity contribution in [3.63, 3.8) is 0 Å². The Morgan fingerprint density at radius 2 is 1.73 bits per heavy atom. The van der Waals surface area contributed by atoms with E-state index in [-0.39, 0.29) is 17.9 Å². The van der Waals surface area contributed by atoms with Crippen molar-refractivity contribution >= 4 is 40.1 Å². The molecule has 1 aromatic heterocycles. The van der Waals surface area contributed by atoms with Gasteiger partial charge in [-0.1, -0.05) is 73.1 Å². The number of rotatable bonds is 8. The van der Waals surface area contributed by atoms with Crippen LogP contribution in [-0.2, 0) is 11.3 Å². The van der Waals surface area contributed by atoms with Gasteiger partial charge in [0.25, 0.3) is 0 Å². The Morgan fingerprint density at radius 3 is 2.46 bits per heavy atom. The number of nitrogens with zero attached hydrogens (tertiary/aromatic N) is 2. The second-order valence-electron chi connectivity index (χ2n) is 11.2. The van der Waals surface area contributed by atoms with Crippen molar-refractivity contribution in [2.75, 3.05) is 32.5 Å². The molecule has 214 valence electrons. The summed E-state index contributed by atoms with van der Waals surface area (Å²) in [5, 5.41) is 7.59. The maximum absolute atomic E-state index is 13.9. The van der Waals surface area contributed by atoms with Gasteiger partial charge in [0.15, 0.2) is 0 Å². The molecule has 2 atom stereocenters. The van der Waals surface area contributed by atoms with Crippen molar-refractivity contribution in [2.24, 2.45) is 0 Å². The molecule has 1 aliphatic heterocycles. The van der Waals surface area contributed by atoms with Crippen LogP contribution < -0.4 is 10.6 Å². The highest BCUT2D eigenvalue weighted by atomic mass is 35.5. The third-order valence-corrected chi connectivity index (χ3v) is 8.34. The Morgan fingerprint density at radius 1 is 1.02 bits per heavy atom. The van der Waals surface area contributed by atoms with Gasteiger partial charge in [-0.15, -0.1) is 0 Å². The van der Waals surface area contributed by atoms with Gasteiger partial charge < -0.3 is 25.4 Å². The number of fused-ring (bicyclic) bond motifs is 1. The number of hydrogen-bond donors (Lipinski definition) is 3. The van der Waals surface area contributed by atoms with Crippen LogP contribution in [0.25, 0.3) is 10.9 Å². The number of H-pyrrole nitrogens is 1. The highest BCUT2D eigenvalue weighted by Gasteiger charge is 2.33. The van der Waals surface area contributed by atoms with Crippen molar-refractivity contribution in [1.82, 2.24) is 20.1 Å². The van der Waals surface area contributed by atoms with Crippen LogP contribution in [0.15, 0.2) is 79.0 Å². The molecule has 0 saturated carbocycles. The zero-order valence-electron chi connectivity index (χ0n) is 23.9. The van der Waals surface area contributed by atoms with E-state index in [1.807, 2.05) is 74.6 Å². The van der Waals surface area contributed by atoms with Crippen molar-refractivity contribution in [3.8, 4) is 0 Å². The first kappa shape index (κ1) is 28.7. The van der Waals surface area contributed by atoms with Gasteiger partial charge in [-0.3, -0.25) is 4.79 Å². The van der Waals surface area contributed by atoms with E-state index in [0.717, 1.165) is 34.9 Å². The topological polar surface area (TPSA) is 80.5 Å². The van der Waals surface area contributed by atoms with Gasteiger partial charge in [-0.2, -0.15) is 0 Å². The molecule has 0 bridgehead atoms. The molecule has 2 heterocycles. The molecule has 0 aliphatic carbocycles. The minimum Gasteiger partial charge on any atom is -0.361 e. The smallest absolute Gasteiger partial charge is 0.318 e. The molecule has 0 unspecified atom stereocenters. The van der Waals surface area contributed by atoms with Crippen LogP contribution in [0.1, 0.15) is 48.3 Å². The first-order chi connectivity index (χ1) is 19.8. The fourth-order valence-electron chi connectivity index (χ4n) is 5.78. The van der Waals surface area contributed by atoms with E-state index in [9.17, 15) is 9.59 Å². The van der Waals surface area contributed by atoms with Gasteiger partial charge in [-0.05, 0) is 67.7 Å². The molecule has 3 amide bonds. The molecule has 41 heavy (non-hydrogen) atoms. The number of benzene rings is 3. The van der Waals surface area contributed by atoms with Gasteiger partial charge in [0, 0.05) is 42.7 Å². The second kappa shape index (κ2) is 12.8. The number of carbonyl (C=O) groups is 2. The molecule has 1 fully saturated rings. The minimum atomic E-state index is -0.817. The molecule has 7 nitrogen and oxygen atoms in total. The fourth-order valence-corrected chi connectivity index (χ4v) is 5.94. The van der Waals surface area contributed by atoms with Crippen LogP contribution in [0.5, 0.6) is 0 Å². The van der Waals surface area contributed by atoms with Gasteiger partial charge in [-0.25, -0.2) is 4.79 Å². The molecule has 1 aliphatic rings. The Labute approximate surface area is 246 Å². The Kier molecular flexibility index (Phi) is 8.96. The highest BCUT2D eigenvalue weighted by molar-refractivity contribution is 6.33. The lowest BCUT2D eigenvalue weighted by molar-refractivity contribution is -0.118. The number of piperidine rings is 1. The van der Waals surface area contributed by atoms with Crippen molar-refractivity contribution in [2.45, 2.75) is 44.2 Å². The number of amides is 3. The number of aromatic nitrogens is 1. The van der Waals surface area contributed by atoms with Crippen LogP contribution in [0, 0.1) is 0 Å². The third kappa shape index (κ3) is 6.75. The van der Waals surface area contributed by atoms with Crippen LogP contribution in [0.2, 0.25) is 5.02 Å². The van der Waals surface area contributed by atoms with E-state index in [2.05, 4.69) is 44.8 Å². The summed E-state index contributed by atoms with van der Waals surface area (Å²) < 4.78 is 0. The number of carbonyl (C=O) groups excluding carboxylic acids is 2. The fraction of sp³-hybridized carbons (Fsp3) is 0.333. The van der Waals surface area contributed by atoms with Crippen molar-refractivity contribution in [1.29, 1.82) is 0 Å². The maximum Gasteiger partial charge on any atom is 0.318 e. The summed E-state index contributed by atoms with van der Waals surface area (Å²) in [6.45, 7) is 3.97. The predicted octanol–water partition coefficient (Wildman–Crippen LogP) is 6.58. The number of nitrogens with one attached hydrogen (secondary N) is 3. The van der Waals surface area contributed by atoms with E-state index in [0.29, 0.717) is 36.3 Å². The summed E-state index contributed by atoms with van der Waals surface area (Å²) in [6, 6.07) is 23.0. The second-order valence-corrected chi connectivity index (χ2v) is 11.6. The molecule has 4 aromatic rings. The zero-order valence-corrected chi connectivity index (χ0v) is 24.6. The summed E-state index contributed by atoms with van der Waals surface area (Å²) in [7, 11) is 3.98. The van der Waals surface area contributed by atoms with Gasteiger partial charge in [0.1, 0.15) is 6.04 Å². The molecule has 0 spiro atoms. The standard InChI is InChI=1S/C33H38ClN5O2/c1-22(27-20-35-29-12-8-7-11-26(27)29)31(32(40)36-30-19-23(21-38(2)3)13-14-28(30)34)37-33(41)39-17-15-25(16-18-39)24-9-5-4-6-10-24/h4-14,19-20,22,25,31,35H,15-18,21H2,1-3H3,(H,36,40)(H,37,41)/t22-,31+/m0/s1. The lowest BCUT2D eigenvalue weighted by Gasteiger charge is -2.34. The Bertz CT molecular complexity index is 1490. The SMILES string of the molecule is C[C@@H](c1c[nH]c2ccccc12)[C@@H](NC(=O)N1CCC(c2ccccc2)CC1)C(=O)Nc1cc(CN(C)C)ccc1Cl. The van der Waals surface area contributed by atoms with E-state index in [1.165, 1.54) is 5.56 Å². The lowest BCUT2D eigenvalue weighted by atomic mass is 9.89. The van der Waals surface area contributed by atoms with Gasteiger partial charge >= 0.3 is 6.03 Å². The molecular weight excluding hydrogens is 534 g/mol. The zero-order chi connectivity index (χ0) is 28.9.